The van der Waals surface area contributed by atoms with Crippen molar-refractivity contribution in [1.29, 1.82) is 0 Å². The molecule has 92 valence electrons. The molecule has 1 spiro atoms. The zero-order valence-corrected chi connectivity index (χ0v) is 10.8. The summed E-state index contributed by atoms with van der Waals surface area (Å²) in [5.74, 6) is -0.155. The van der Waals surface area contributed by atoms with Crippen molar-refractivity contribution >= 4 is 11.3 Å². The highest BCUT2D eigenvalue weighted by Gasteiger charge is 2.48. The number of thiophene rings is 1. The van der Waals surface area contributed by atoms with Gasteiger partial charge in [-0.1, -0.05) is 12.1 Å². The molecule has 1 nitrogen and oxygen atoms in total. The van der Waals surface area contributed by atoms with Crippen molar-refractivity contribution in [3.05, 3.63) is 46.6 Å². The lowest BCUT2D eigenvalue weighted by Gasteiger charge is -2.22. The van der Waals surface area contributed by atoms with Crippen molar-refractivity contribution in [3.8, 4) is 10.4 Å². The first kappa shape index (κ1) is 10.7. The van der Waals surface area contributed by atoms with Crippen molar-refractivity contribution in [2.45, 2.75) is 24.8 Å². The molecule has 0 saturated heterocycles. The second kappa shape index (κ2) is 3.65. The Morgan fingerprint density at radius 3 is 2.89 bits per heavy atom. The van der Waals surface area contributed by atoms with Gasteiger partial charge < -0.3 is 5.32 Å². The van der Waals surface area contributed by atoms with Crippen molar-refractivity contribution in [2.75, 3.05) is 6.54 Å². The molecule has 1 saturated carbocycles. The quantitative estimate of drug-likeness (QED) is 0.823. The SMILES string of the molecule is Fc1cccc(-c2cc3c(s2)C2(CC2)CNC3)c1. The van der Waals surface area contributed by atoms with Gasteiger partial charge >= 0.3 is 0 Å². The Balaban J connectivity index is 1.82. The number of rotatable bonds is 1. The van der Waals surface area contributed by atoms with Gasteiger partial charge in [0.15, 0.2) is 0 Å². The van der Waals surface area contributed by atoms with E-state index >= 15 is 0 Å². The topological polar surface area (TPSA) is 12.0 Å². The molecule has 0 unspecified atom stereocenters. The molecular formula is C15H14FNS. The van der Waals surface area contributed by atoms with E-state index in [9.17, 15) is 4.39 Å². The number of hydrogen-bond acceptors (Lipinski definition) is 2. The summed E-state index contributed by atoms with van der Waals surface area (Å²) in [5, 5.41) is 3.50. The third-order valence-electron chi connectivity index (χ3n) is 4.03. The first-order valence-corrected chi connectivity index (χ1v) is 7.18. The third-order valence-corrected chi connectivity index (χ3v) is 5.50. The lowest BCUT2D eigenvalue weighted by Crippen LogP contribution is -2.31. The normalized spacial score (nSPS) is 19.8. The Bertz CT molecular complexity index is 613. The van der Waals surface area contributed by atoms with Crippen LogP contribution in [-0.4, -0.2) is 6.54 Å². The summed E-state index contributed by atoms with van der Waals surface area (Å²) in [6.45, 7) is 2.08. The van der Waals surface area contributed by atoms with E-state index in [1.807, 2.05) is 17.4 Å². The molecule has 2 aliphatic rings. The predicted octanol–water partition coefficient (Wildman–Crippen LogP) is 3.69. The average Bonchev–Trinajstić information content (AvgIpc) is 2.99. The maximum atomic E-state index is 13.3. The first-order chi connectivity index (χ1) is 8.77. The highest BCUT2D eigenvalue weighted by atomic mass is 32.1. The smallest absolute Gasteiger partial charge is 0.123 e. The molecule has 0 bridgehead atoms. The number of halogens is 1. The second-order valence-corrected chi connectivity index (χ2v) is 6.41. The molecule has 0 amide bonds. The minimum absolute atomic E-state index is 0.155. The van der Waals surface area contributed by atoms with Crippen LogP contribution in [0.2, 0.25) is 0 Å². The Kier molecular flexibility index (Phi) is 2.17. The highest BCUT2D eigenvalue weighted by molar-refractivity contribution is 7.15. The molecule has 18 heavy (non-hydrogen) atoms. The summed E-state index contributed by atoms with van der Waals surface area (Å²) in [6, 6.07) is 9.15. The van der Waals surface area contributed by atoms with Crippen LogP contribution < -0.4 is 5.32 Å². The van der Waals surface area contributed by atoms with Crippen LogP contribution in [0, 0.1) is 5.82 Å². The van der Waals surface area contributed by atoms with Gasteiger partial charge in [-0.3, -0.25) is 0 Å². The summed E-state index contributed by atoms with van der Waals surface area (Å²) in [6.07, 6.45) is 2.60. The molecule has 1 aromatic heterocycles. The first-order valence-electron chi connectivity index (χ1n) is 6.37. The minimum Gasteiger partial charge on any atom is -0.312 e. The summed E-state index contributed by atoms with van der Waals surface area (Å²) >= 11 is 1.86. The third kappa shape index (κ3) is 1.54. The summed E-state index contributed by atoms with van der Waals surface area (Å²) in [5.41, 5.74) is 2.84. The maximum absolute atomic E-state index is 13.3. The van der Waals surface area contributed by atoms with Gasteiger partial charge in [-0.05, 0) is 42.2 Å². The summed E-state index contributed by atoms with van der Waals surface area (Å²) in [4.78, 5) is 2.75. The molecule has 0 atom stereocenters. The van der Waals surface area contributed by atoms with E-state index < -0.39 is 0 Å². The van der Waals surface area contributed by atoms with Crippen LogP contribution in [0.4, 0.5) is 4.39 Å². The molecule has 1 aromatic carbocycles. The highest BCUT2D eigenvalue weighted by Crippen LogP contribution is 2.54. The van der Waals surface area contributed by atoms with Crippen molar-refractivity contribution in [3.63, 3.8) is 0 Å². The van der Waals surface area contributed by atoms with Gasteiger partial charge in [-0.2, -0.15) is 0 Å². The average molecular weight is 259 g/mol. The van der Waals surface area contributed by atoms with Crippen molar-refractivity contribution < 1.29 is 4.39 Å². The predicted molar refractivity (Wildman–Crippen MR) is 72.3 cm³/mol. The second-order valence-electron chi connectivity index (χ2n) is 5.36. The molecule has 1 fully saturated rings. The Labute approximate surface area is 110 Å². The van der Waals surface area contributed by atoms with Crippen LogP contribution in [0.1, 0.15) is 23.3 Å². The Morgan fingerprint density at radius 2 is 2.11 bits per heavy atom. The van der Waals surface area contributed by atoms with Crippen molar-refractivity contribution in [2.24, 2.45) is 0 Å². The van der Waals surface area contributed by atoms with Crippen LogP contribution in [-0.2, 0) is 12.0 Å². The largest absolute Gasteiger partial charge is 0.312 e. The molecule has 1 aliphatic heterocycles. The molecule has 1 N–H and O–H groups in total. The van der Waals surface area contributed by atoms with Crippen molar-refractivity contribution in [1.82, 2.24) is 5.32 Å². The lowest BCUT2D eigenvalue weighted by atomic mass is 9.97. The molecule has 2 aromatic rings. The van der Waals surface area contributed by atoms with E-state index in [0.29, 0.717) is 5.41 Å². The number of nitrogens with one attached hydrogen (secondary N) is 1. The Hall–Kier alpha value is -1.19. The molecule has 1 aliphatic carbocycles. The van der Waals surface area contributed by atoms with E-state index in [4.69, 9.17) is 0 Å². The standard InChI is InChI=1S/C15H14FNS/c16-12-3-1-2-10(6-12)13-7-11-8-17-9-15(4-5-15)14(11)18-13/h1-3,6-7,17H,4-5,8-9H2. The number of fused-ring (bicyclic) bond motifs is 2. The van der Waals surface area contributed by atoms with Crippen LogP contribution in [0.5, 0.6) is 0 Å². The van der Waals surface area contributed by atoms with Gasteiger partial charge in [0, 0.05) is 28.3 Å². The molecule has 4 rings (SSSR count). The molecule has 0 radical (unpaired) electrons. The zero-order chi connectivity index (χ0) is 12.2. The fraction of sp³-hybridized carbons (Fsp3) is 0.333. The fourth-order valence-corrected chi connectivity index (χ4v) is 4.29. The zero-order valence-electron chi connectivity index (χ0n) is 10.0. The van der Waals surface area contributed by atoms with Gasteiger partial charge in [0.2, 0.25) is 0 Å². The van der Waals surface area contributed by atoms with Crippen LogP contribution >= 0.6 is 11.3 Å². The Morgan fingerprint density at radius 1 is 1.22 bits per heavy atom. The molecule has 2 heterocycles. The fourth-order valence-electron chi connectivity index (χ4n) is 2.86. The molecule has 3 heteroatoms. The minimum atomic E-state index is -0.155. The van der Waals surface area contributed by atoms with Gasteiger partial charge in [0.05, 0.1) is 0 Å². The summed E-state index contributed by atoms with van der Waals surface area (Å²) < 4.78 is 13.3. The van der Waals surface area contributed by atoms with Gasteiger partial charge in [-0.15, -0.1) is 11.3 Å². The number of hydrogen-bond donors (Lipinski definition) is 1. The van der Waals surface area contributed by atoms with Crippen LogP contribution in [0.3, 0.4) is 0 Å². The van der Waals surface area contributed by atoms with E-state index in [1.54, 1.807) is 17.0 Å². The van der Waals surface area contributed by atoms with Gasteiger partial charge in [0.1, 0.15) is 5.82 Å². The van der Waals surface area contributed by atoms with Crippen LogP contribution in [0.25, 0.3) is 10.4 Å². The van der Waals surface area contributed by atoms with Gasteiger partial charge in [0.25, 0.3) is 0 Å². The van der Waals surface area contributed by atoms with E-state index in [1.165, 1.54) is 29.3 Å². The maximum Gasteiger partial charge on any atom is 0.123 e. The van der Waals surface area contributed by atoms with E-state index in [2.05, 4.69) is 11.4 Å². The number of benzene rings is 1. The lowest BCUT2D eigenvalue weighted by molar-refractivity contribution is 0.541. The van der Waals surface area contributed by atoms with Gasteiger partial charge in [-0.25, -0.2) is 4.39 Å². The van der Waals surface area contributed by atoms with E-state index in [-0.39, 0.29) is 5.82 Å². The monoisotopic (exact) mass is 259 g/mol. The van der Waals surface area contributed by atoms with Crippen LogP contribution in [0.15, 0.2) is 30.3 Å². The van der Waals surface area contributed by atoms with E-state index in [0.717, 1.165) is 18.7 Å². The summed E-state index contributed by atoms with van der Waals surface area (Å²) in [7, 11) is 0. The molecular weight excluding hydrogens is 245 g/mol.